The molecule has 0 atom stereocenters. The molecule has 8 nitrogen and oxygen atoms in total. The molecule has 30 heavy (non-hydrogen) atoms. The van der Waals surface area contributed by atoms with Gasteiger partial charge in [0.15, 0.2) is 0 Å². The number of hydrogen-bond acceptors (Lipinski definition) is 6. The van der Waals surface area contributed by atoms with Gasteiger partial charge in [-0.05, 0) is 38.1 Å². The number of nitrogens with zero attached hydrogens (tertiary/aromatic N) is 2. The predicted octanol–water partition coefficient (Wildman–Crippen LogP) is 2.41. The van der Waals surface area contributed by atoms with Gasteiger partial charge in [-0.2, -0.15) is 0 Å². The molecule has 0 N–H and O–H groups in total. The van der Waals surface area contributed by atoms with Crippen LogP contribution in [0.1, 0.15) is 11.1 Å². The van der Waals surface area contributed by atoms with E-state index in [9.17, 15) is 26.4 Å². The second kappa shape index (κ2) is 8.19. The molecule has 0 radical (unpaired) electrons. The molecular weight excluding hydrogens is 428 g/mol. The first-order valence-corrected chi connectivity index (χ1v) is 12.2. The fourth-order valence-electron chi connectivity index (χ4n) is 3.05. The highest BCUT2D eigenvalue weighted by molar-refractivity contribution is 8.06. The number of piperazine rings is 1. The molecule has 1 aliphatic rings. The Hall–Kier alpha value is -2.72. The number of carbonyl (C=O) groups is 2. The lowest BCUT2D eigenvalue weighted by atomic mass is 10.2. The topological polar surface area (TPSA) is 109 Å². The van der Waals surface area contributed by atoms with E-state index >= 15 is 0 Å². The van der Waals surface area contributed by atoms with E-state index in [-0.39, 0.29) is 36.0 Å². The number of carbonyl (C=O) groups excluding carboxylic acids is 2. The highest BCUT2D eigenvalue weighted by atomic mass is 32.2. The summed E-state index contributed by atoms with van der Waals surface area (Å²) in [4.78, 5) is 27.1. The summed E-state index contributed by atoms with van der Waals surface area (Å²) in [6.07, 6.45) is 0. The third-order valence-electron chi connectivity index (χ3n) is 4.92. The lowest BCUT2D eigenvalue weighted by Crippen LogP contribution is -2.52. The van der Waals surface area contributed by atoms with Gasteiger partial charge >= 0.3 is 10.5 Å². The highest BCUT2D eigenvalue weighted by Gasteiger charge is 2.36. The van der Waals surface area contributed by atoms with Crippen LogP contribution < -0.4 is 0 Å². The summed E-state index contributed by atoms with van der Waals surface area (Å²) in [5, 5.41) is -2.11. The molecule has 3 rings (SSSR count). The summed E-state index contributed by atoms with van der Waals surface area (Å²) < 4.78 is 50.2. The fourth-order valence-corrected chi connectivity index (χ4v) is 5.49. The van der Waals surface area contributed by atoms with Gasteiger partial charge < -0.3 is 9.80 Å². The average Bonchev–Trinajstić information content (AvgIpc) is 2.73. The zero-order valence-corrected chi connectivity index (χ0v) is 18.2. The van der Waals surface area contributed by atoms with Gasteiger partial charge in [-0.3, -0.25) is 9.59 Å². The van der Waals surface area contributed by atoms with E-state index in [1.54, 1.807) is 38.1 Å². The zero-order valence-electron chi connectivity index (χ0n) is 16.6. The summed E-state index contributed by atoms with van der Waals surface area (Å²) in [6, 6.07) is 11.9. The van der Waals surface area contributed by atoms with Crippen LogP contribution in [0.3, 0.4) is 0 Å². The predicted molar refractivity (Wildman–Crippen MR) is 111 cm³/mol. The Morgan fingerprint density at radius 3 is 1.13 bits per heavy atom. The fraction of sp³-hybridized carbons (Fsp3) is 0.300. The molecule has 160 valence electrons. The van der Waals surface area contributed by atoms with Crippen molar-refractivity contribution in [2.45, 2.75) is 23.6 Å². The Kier molecular flexibility index (Phi) is 6.00. The van der Waals surface area contributed by atoms with Crippen molar-refractivity contribution >= 4 is 30.2 Å². The van der Waals surface area contributed by atoms with E-state index in [1.807, 2.05) is 0 Å². The van der Waals surface area contributed by atoms with Gasteiger partial charge in [0.05, 0.1) is 9.79 Å². The highest BCUT2D eigenvalue weighted by Crippen LogP contribution is 2.20. The monoisotopic (exact) mass is 450 g/mol. The molecule has 1 fully saturated rings. The minimum absolute atomic E-state index is 0.0704. The maximum atomic E-state index is 12.6. The van der Waals surface area contributed by atoms with Crippen molar-refractivity contribution in [3.8, 4) is 0 Å². The molecule has 0 spiro atoms. The SMILES string of the molecule is Cc1ccc(S(=O)(=O)C(=O)N2CCN(C(=O)S(=O)(=O)c3ccc(C)cc3)CC2)cc1. The first-order valence-electron chi connectivity index (χ1n) is 9.25. The molecule has 0 bridgehead atoms. The molecule has 2 aromatic carbocycles. The molecule has 0 saturated carbocycles. The second-order valence-corrected chi connectivity index (χ2v) is 10.8. The van der Waals surface area contributed by atoms with Crippen molar-refractivity contribution in [2.75, 3.05) is 26.2 Å². The molecule has 2 aromatic rings. The van der Waals surface area contributed by atoms with Crippen molar-refractivity contribution in [1.82, 2.24) is 9.80 Å². The smallest absolute Gasteiger partial charge is 0.326 e. The number of hydrogen-bond donors (Lipinski definition) is 0. The van der Waals surface area contributed by atoms with Crippen LogP contribution in [0.5, 0.6) is 0 Å². The van der Waals surface area contributed by atoms with Crippen molar-refractivity contribution < 1.29 is 26.4 Å². The first-order chi connectivity index (χ1) is 14.0. The van der Waals surface area contributed by atoms with Crippen LogP contribution >= 0.6 is 0 Å². The number of benzene rings is 2. The minimum atomic E-state index is -4.20. The molecule has 1 heterocycles. The maximum Gasteiger partial charge on any atom is 0.343 e. The molecule has 2 amide bonds. The van der Waals surface area contributed by atoms with Crippen molar-refractivity contribution in [2.24, 2.45) is 0 Å². The van der Waals surface area contributed by atoms with E-state index in [4.69, 9.17) is 0 Å². The van der Waals surface area contributed by atoms with E-state index in [2.05, 4.69) is 0 Å². The molecule has 0 unspecified atom stereocenters. The van der Waals surface area contributed by atoms with Gasteiger partial charge in [0.25, 0.3) is 19.7 Å². The Bertz CT molecular complexity index is 1070. The molecule has 1 saturated heterocycles. The summed E-state index contributed by atoms with van der Waals surface area (Å²) in [7, 11) is -8.41. The van der Waals surface area contributed by atoms with Crippen LogP contribution in [0.25, 0.3) is 0 Å². The minimum Gasteiger partial charge on any atom is -0.326 e. The Morgan fingerprint density at radius 2 is 0.867 bits per heavy atom. The average molecular weight is 451 g/mol. The Labute approximate surface area is 175 Å². The van der Waals surface area contributed by atoms with Crippen LogP contribution in [-0.4, -0.2) is 63.3 Å². The standard InChI is InChI=1S/C20H22N2O6S2/c1-15-3-7-17(8-4-15)29(25,26)19(23)21-11-13-22(14-12-21)20(24)30(27,28)18-9-5-16(2)6-10-18/h3-10H,11-14H2,1-2H3. The lowest BCUT2D eigenvalue weighted by molar-refractivity contribution is 0.165. The summed E-state index contributed by atoms with van der Waals surface area (Å²) in [6.45, 7) is 3.33. The van der Waals surface area contributed by atoms with Gasteiger partial charge in [-0.1, -0.05) is 35.4 Å². The third kappa shape index (κ3) is 4.24. The first kappa shape index (κ1) is 22.0. The molecule has 0 aliphatic carbocycles. The molecular formula is C20H22N2O6S2. The lowest BCUT2D eigenvalue weighted by Gasteiger charge is -2.34. The molecule has 1 aliphatic heterocycles. The summed E-state index contributed by atoms with van der Waals surface area (Å²) in [5.74, 6) is 0. The van der Waals surface area contributed by atoms with Gasteiger partial charge in [0, 0.05) is 26.2 Å². The number of aryl methyl sites for hydroxylation is 2. The number of rotatable bonds is 2. The summed E-state index contributed by atoms with van der Waals surface area (Å²) >= 11 is 0. The summed E-state index contributed by atoms with van der Waals surface area (Å²) in [5.41, 5.74) is 1.73. The van der Waals surface area contributed by atoms with Crippen molar-refractivity contribution in [3.63, 3.8) is 0 Å². The van der Waals surface area contributed by atoms with E-state index in [1.165, 1.54) is 24.3 Å². The van der Waals surface area contributed by atoms with Crippen LogP contribution in [0.15, 0.2) is 58.3 Å². The second-order valence-electron chi connectivity index (χ2n) is 7.14. The Balaban J connectivity index is 1.69. The molecule has 0 aromatic heterocycles. The van der Waals surface area contributed by atoms with Crippen LogP contribution in [0, 0.1) is 13.8 Å². The van der Waals surface area contributed by atoms with Gasteiger partial charge in [-0.25, -0.2) is 16.8 Å². The van der Waals surface area contributed by atoms with Crippen molar-refractivity contribution in [3.05, 3.63) is 59.7 Å². The number of sulfone groups is 2. The van der Waals surface area contributed by atoms with E-state index in [0.717, 1.165) is 20.9 Å². The maximum absolute atomic E-state index is 12.6. The normalized spacial score (nSPS) is 15.1. The van der Waals surface area contributed by atoms with Crippen LogP contribution in [0.4, 0.5) is 9.59 Å². The zero-order chi connectivity index (χ0) is 22.1. The number of amides is 2. The molecule has 10 heteroatoms. The van der Waals surface area contributed by atoms with Gasteiger partial charge in [0.1, 0.15) is 0 Å². The van der Waals surface area contributed by atoms with E-state index < -0.39 is 30.2 Å². The Morgan fingerprint density at radius 1 is 0.600 bits per heavy atom. The van der Waals surface area contributed by atoms with Crippen molar-refractivity contribution in [1.29, 1.82) is 0 Å². The van der Waals surface area contributed by atoms with E-state index in [0.29, 0.717) is 0 Å². The van der Waals surface area contributed by atoms with Crippen LogP contribution in [-0.2, 0) is 19.7 Å². The van der Waals surface area contributed by atoms with Crippen LogP contribution in [0.2, 0.25) is 0 Å². The van der Waals surface area contributed by atoms with Gasteiger partial charge in [-0.15, -0.1) is 0 Å². The third-order valence-corrected chi connectivity index (χ3v) is 8.14. The van der Waals surface area contributed by atoms with Gasteiger partial charge in [0.2, 0.25) is 0 Å². The largest absolute Gasteiger partial charge is 0.343 e. The quantitative estimate of drug-likeness (QED) is 0.695.